The molecule has 15 heteroatoms. The van der Waals surface area contributed by atoms with Gasteiger partial charge in [0.25, 0.3) is 5.91 Å². The van der Waals surface area contributed by atoms with Crippen LogP contribution in [-0.4, -0.2) is 96.6 Å². The molecule has 1 atom stereocenters. The Labute approximate surface area is 297 Å². The summed E-state index contributed by atoms with van der Waals surface area (Å²) in [5, 5.41) is 17.3. The number of fused-ring (bicyclic) bond motifs is 1. The minimum atomic E-state index is -5.08. The van der Waals surface area contributed by atoms with Crippen molar-refractivity contribution >= 4 is 45.1 Å². The molecule has 2 aliphatic heterocycles. The quantitative estimate of drug-likeness (QED) is 0.209. The fourth-order valence-corrected chi connectivity index (χ4v) is 7.61. The molecule has 3 amide bonds. The summed E-state index contributed by atoms with van der Waals surface area (Å²) in [5.41, 5.74) is -0.0813. The number of carbonyl (C=O) groups excluding carboxylic acids is 3. The van der Waals surface area contributed by atoms with Gasteiger partial charge in [-0.1, -0.05) is 61.4 Å². The fraction of sp³-hybridized carbons (Fsp3) is 0.500. The minimum Gasteiger partial charge on any atom is -0.475 e. The van der Waals surface area contributed by atoms with E-state index in [2.05, 4.69) is 20.9 Å². The van der Waals surface area contributed by atoms with Crippen LogP contribution in [0, 0.1) is 0 Å². The summed E-state index contributed by atoms with van der Waals surface area (Å²) < 4.78 is 44.4. The lowest BCUT2D eigenvalue weighted by molar-refractivity contribution is -0.192. The molecular formula is C36H43F3N4O7S. The number of piperidine rings is 1. The maximum atomic E-state index is 13.9. The van der Waals surface area contributed by atoms with E-state index in [1.54, 1.807) is 0 Å². The van der Waals surface area contributed by atoms with Gasteiger partial charge in [-0.3, -0.25) is 14.4 Å². The van der Waals surface area contributed by atoms with Gasteiger partial charge in [-0.15, -0.1) is 11.3 Å². The van der Waals surface area contributed by atoms with E-state index in [0.717, 1.165) is 67.4 Å². The summed E-state index contributed by atoms with van der Waals surface area (Å²) in [6.45, 7) is 4.56. The SMILES string of the molecule is O=C(NC1(C(=O)N[C@H](Cc2ccccc2)C(=O)NCCCN2CCC3(CC2)OCCO3)CCCC1)c1cc2ccccc2s1.O=C(O)C(F)(F)F. The summed E-state index contributed by atoms with van der Waals surface area (Å²) in [6.07, 6.45) is 0.591. The van der Waals surface area contributed by atoms with Crippen LogP contribution in [-0.2, 0) is 30.3 Å². The highest BCUT2D eigenvalue weighted by atomic mass is 32.1. The summed E-state index contributed by atoms with van der Waals surface area (Å²) in [6, 6.07) is 18.7. The first-order chi connectivity index (χ1) is 24.4. The van der Waals surface area contributed by atoms with Crippen molar-refractivity contribution in [1.29, 1.82) is 0 Å². The predicted octanol–water partition coefficient (Wildman–Crippen LogP) is 4.65. The van der Waals surface area contributed by atoms with Crippen LogP contribution in [0.15, 0.2) is 60.7 Å². The van der Waals surface area contributed by atoms with Crippen LogP contribution in [0.1, 0.15) is 60.2 Å². The van der Waals surface area contributed by atoms with E-state index in [4.69, 9.17) is 19.4 Å². The fourth-order valence-electron chi connectivity index (χ4n) is 6.66. The molecule has 2 aromatic carbocycles. The van der Waals surface area contributed by atoms with Crippen molar-refractivity contribution < 1.29 is 46.9 Å². The van der Waals surface area contributed by atoms with Gasteiger partial charge in [0.05, 0.1) is 18.1 Å². The van der Waals surface area contributed by atoms with Crippen LogP contribution in [0.25, 0.3) is 10.1 Å². The molecule has 1 spiro atoms. The molecule has 3 aromatic rings. The van der Waals surface area contributed by atoms with Crippen LogP contribution >= 0.6 is 11.3 Å². The molecule has 1 saturated carbocycles. The van der Waals surface area contributed by atoms with Gasteiger partial charge in [0.15, 0.2) is 5.79 Å². The van der Waals surface area contributed by atoms with Crippen LogP contribution in [0.4, 0.5) is 13.2 Å². The van der Waals surface area contributed by atoms with Crippen LogP contribution in [0.3, 0.4) is 0 Å². The van der Waals surface area contributed by atoms with Crippen molar-refractivity contribution in [3.05, 3.63) is 71.1 Å². The van der Waals surface area contributed by atoms with E-state index in [-0.39, 0.29) is 23.5 Å². The van der Waals surface area contributed by atoms with Gasteiger partial charge in [-0.05, 0) is 48.9 Å². The molecule has 3 fully saturated rings. The summed E-state index contributed by atoms with van der Waals surface area (Å²) in [4.78, 5) is 52.7. The molecule has 11 nitrogen and oxygen atoms in total. The highest BCUT2D eigenvalue weighted by Gasteiger charge is 2.44. The molecule has 3 aliphatic rings. The lowest BCUT2D eigenvalue weighted by atomic mass is 9.94. The number of hydrogen-bond acceptors (Lipinski definition) is 8. The predicted molar refractivity (Wildman–Crippen MR) is 184 cm³/mol. The lowest BCUT2D eigenvalue weighted by Gasteiger charge is -2.37. The first kappa shape index (κ1) is 38.2. The number of nitrogens with zero attached hydrogens (tertiary/aromatic N) is 1. The number of amides is 3. The molecule has 4 N–H and O–H groups in total. The summed E-state index contributed by atoms with van der Waals surface area (Å²) in [7, 11) is 0. The monoisotopic (exact) mass is 732 g/mol. The second kappa shape index (κ2) is 17.0. The van der Waals surface area contributed by atoms with Gasteiger partial charge in [-0.2, -0.15) is 13.2 Å². The van der Waals surface area contributed by atoms with E-state index in [1.807, 2.05) is 60.7 Å². The number of carboxylic acid groups (broad SMARTS) is 1. The number of halogens is 3. The highest BCUT2D eigenvalue weighted by molar-refractivity contribution is 7.20. The zero-order valence-corrected chi connectivity index (χ0v) is 29.0. The summed E-state index contributed by atoms with van der Waals surface area (Å²) >= 11 is 1.42. The van der Waals surface area contributed by atoms with Crippen molar-refractivity contribution in [2.45, 2.75) is 74.9 Å². The van der Waals surface area contributed by atoms with Gasteiger partial charge in [0.2, 0.25) is 11.8 Å². The molecule has 1 aromatic heterocycles. The lowest BCUT2D eigenvalue weighted by Crippen LogP contribution is -2.61. The third kappa shape index (κ3) is 10.3. The normalized spacial score (nSPS) is 18.8. The Morgan fingerprint density at radius 1 is 0.922 bits per heavy atom. The molecule has 0 radical (unpaired) electrons. The number of likely N-dealkylation sites (tertiary alicyclic amines) is 1. The van der Waals surface area contributed by atoms with Gasteiger partial charge in [0.1, 0.15) is 11.6 Å². The number of benzene rings is 2. The van der Waals surface area contributed by atoms with Crippen molar-refractivity contribution in [2.75, 3.05) is 39.4 Å². The molecule has 51 heavy (non-hydrogen) atoms. The zero-order chi connectivity index (χ0) is 36.5. The molecule has 0 unspecified atom stereocenters. The number of aliphatic carboxylic acids is 1. The Hall–Kier alpha value is -4.05. The van der Waals surface area contributed by atoms with Gasteiger partial charge in [-0.25, -0.2) is 4.79 Å². The first-order valence-electron chi connectivity index (χ1n) is 17.1. The second-order valence-corrected chi connectivity index (χ2v) is 14.1. The van der Waals surface area contributed by atoms with Crippen molar-refractivity contribution in [2.24, 2.45) is 0 Å². The first-order valence-corrected chi connectivity index (χ1v) is 17.9. The number of ether oxygens (including phenoxy) is 2. The average molecular weight is 733 g/mol. The maximum Gasteiger partial charge on any atom is 0.490 e. The van der Waals surface area contributed by atoms with Gasteiger partial charge in [0, 0.05) is 43.6 Å². The van der Waals surface area contributed by atoms with E-state index in [9.17, 15) is 27.6 Å². The molecule has 1 aliphatic carbocycles. The van der Waals surface area contributed by atoms with Crippen molar-refractivity contribution in [3.63, 3.8) is 0 Å². The summed E-state index contributed by atoms with van der Waals surface area (Å²) in [5.74, 6) is -3.90. The van der Waals surface area contributed by atoms with Crippen molar-refractivity contribution in [3.8, 4) is 0 Å². The Morgan fingerprint density at radius 2 is 1.55 bits per heavy atom. The van der Waals surface area contributed by atoms with Crippen LogP contribution < -0.4 is 16.0 Å². The number of carboxylic acids is 1. The Balaban J connectivity index is 0.000000654. The molecule has 2 saturated heterocycles. The Morgan fingerprint density at radius 3 is 2.18 bits per heavy atom. The molecule has 276 valence electrons. The Kier molecular flexibility index (Phi) is 12.7. The number of hydrogen-bond donors (Lipinski definition) is 4. The van der Waals surface area contributed by atoms with E-state index in [0.29, 0.717) is 43.9 Å². The molecule has 3 heterocycles. The number of nitrogens with one attached hydrogen (secondary N) is 3. The number of thiophene rings is 1. The molecule has 0 bridgehead atoms. The van der Waals surface area contributed by atoms with Gasteiger partial charge >= 0.3 is 12.1 Å². The average Bonchev–Trinajstić information content (AvgIpc) is 3.88. The zero-order valence-electron chi connectivity index (χ0n) is 28.1. The van der Waals surface area contributed by atoms with Gasteiger partial charge < -0.3 is 35.4 Å². The Bertz CT molecular complexity index is 1610. The third-order valence-corrected chi connectivity index (χ3v) is 10.5. The van der Waals surface area contributed by atoms with Crippen LogP contribution in [0.2, 0.25) is 0 Å². The van der Waals surface area contributed by atoms with E-state index in [1.165, 1.54) is 11.3 Å². The standard InChI is InChI=1S/C34H42N4O5S.C2HF3O2/c39-30(35-17-8-18-38-19-15-34(16-20-38)42-21-22-43-34)27(23-25-9-2-1-3-10-25)36-32(41)33(13-6-7-14-33)37-31(40)29-24-26-11-4-5-12-28(26)44-29;3-2(4,5)1(6)7/h1-5,9-12,24,27H,6-8,13-23H2,(H,35,39)(H,36,41)(H,37,40);(H,6,7)/t27-;/m1./s1. The van der Waals surface area contributed by atoms with Crippen LogP contribution in [0.5, 0.6) is 0 Å². The smallest absolute Gasteiger partial charge is 0.475 e. The maximum absolute atomic E-state index is 13.9. The second-order valence-electron chi connectivity index (χ2n) is 13.0. The topological polar surface area (TPSA) is 146 Å². The molecular weight excluding hydrogens is 689 g/mol. The molecule has 6 rings (SSSR count). The van der Waals surface area contributed by atoms with E-state index < -0.39 is 23.7 Å². The number of alkyl halides is 3. The largest absolute Gasteiger partial charge is 0.490 e. The van der Waals surface area contributed by atoms with Crippen molar-refractivity contribution in [1.82, 2.24) is 20.9 Å². The van der Waals surface area contributed by atoms with E-state index >= 15 is 0 Å². The minimum absolute atomic E-state index is 0.212. The highest BCUT2D eigenvalue weighted by Crippen LogP contribution is 2.33. The third-order valence-electron chi connectivity index (χ3n) is 9.42. The number of rotatable bonds is 11. The number of carbonyl (C=O) groups is 4.